The summed E-state index contributed by atoms with van der Waals surface area (Å²) in [4.78, 5) is 18.1. The van der Waals surface area contributed by atoms with Crippen molar-refractivity contribution in [2.45, 2.75) is 56.3 Å². The van der Waals surface area contributed by atoms with Crippen molar-refractivity contribution in [3.05, 3.63) is 41.5 Å². The molecular weight excluding hydrogens is 587 g/mol. The molecule has 12 heteroatoms. The molecule has 2 aromatic carbocycles. The number of benzene rings is 2. The van der Waals surface area contributed by atoms with E-state index in [-0.39, 0.29) is 53.0 Å². The Labute approximate surface area is 257 Å². The maximum Gasteiger partial charge on any atom is 0.319 e. The lowest BCUT2D eigenvalue weighted by atomic mass is 9.94. The van der Waals surface area contributed by atoms with Crippen molar-refractivity contribution >= 4 is 27.5 Å². The number of aryl methyl sites for hydroxylation is 1. The Kier molecular flexibility index (Phi) is 6.55. The first-order valence-corrected chi connectivity index (χ1v) is 15.5. The minimum atomic E-state index is -0.926. The summed E-state index contributed by atoms with van der Waals surface area (Å²) < 4.78 is 64.8. The average Bonchev–Trinajstić information content (AvgIpc) is 3.72. The van der Waals surface area contributed by atoms with E-state index in [4.69, 9.17) is 19.2 Å². The highest BCUT2D eigenvalue weighted by atomic mass is 19.1. The van der Waals surface area contributed by atoms with Crippen LogP contribution in [-0.2, 0) is 11.2 Å². The molecule has 3 saturated heterocycles. The lowest BCUT2D eigenvalue weighted by Crippen LogP contribution is -2.51. The lowest BCUT2D eigenvalue weighted by molar-refractivity contribution is 0.107. The van der Waals surface area contributed by atoms with E-state index in [1.165, 1.54) is 18.2 Å². The number of pyridine rings is 1. The van der Waals surface area contributed by atoms with E-state index in [0.717, 1.165) is 19.4 Å². The molecule has 6 heterocycles. The van der Waals surface area contributed by atoms with Crippen molar-refractivity contribution in [1.82, 2.24) is 19.9 Å². The molecule has 3 atom stereocenters. The highest BCUT2D eigenvalue weighted by Crippen LogP contribution is 2.46. The number of hydrogen-bond acceptors (Lipinski definition) is 9. The maximum absolute atomic E-state index is 16.9. The largest absolute Gasteiger partial charge is 0.508 e. The summed E-state index contributed by atoms with van der Waals surface area (Å²) in [6, 6.07) is 5.77. The summed E-state index contributed by atoms with van der Waals surface area (Å²) >= 11 is 0. The number of phenols is 1. The zero-order chi connectivity index (χ0) is 31.1. The number of nitrogens with zero attached hydrogens (tertiary/aromatic N) is 5. The monoisotopic (exact) mass is 621 g/mol. The first-order valence-electron chi connectivity index (χ1n) is 15.5. The number of anilines is 1. The van der Waals surface area contributed by atoms with Crippen LogP contribution in [0.2, 0.25) is 0 Å². The van der Waals surface area contributed by atoms with Gasteiger partial charge in [-0.05, 0) is 66.8 Å². The Hall–Kier alpha value is -3.90. The standard InChI is InChI=1S/C33H34F3N5O4/c1-3-21-23(35)6-5-18-11-20(42)12-22(24(18)21)27-26(36)28-25-29(40(2)33(8-10-43-15-33)17-44-30(25)37-27)39-31(38-28)45-16-32-7-4-9-41(32)14-19(34)13-32/h5-6,11-12,19,42H,3-4,7-10,13-17H2,1-2H3/t19-,32+,33?/m1/s1. The lowest BCUT2D eigenvalue weighted by Gasteiger charge is -2.36. The summed E-state index contributed by atoms with van der Waals surface area (Å²) in [5.74, 6) is -0.804. The topological polar surface area (TPSA) is 93.1 Å². The van der Waals surface area contributed by atoms with Crippen LogP contribution in [0.5, 0.6) is 17.6 Å². The Morgan fingerprint density at radius 1 is 1.11 bits per heavy atom. The zero-order valence-electron chi connectivity index (χ0n) is 25.2. The Morgan fingerprint density at radius 2 is 1.98 bits per heavy atom. The van der Waals surface area contributed by atoms with Crippen molar-refractivity contribution in [1.29, 1.82) is 0 Å². The number of fused-ring (bicyclic) bond motifs is 2. The molecule has 0 radical (unpaired) electrons. The van der Waals surface area contributed by atoms with Gasteiger partial charge in [-0.25, -0.2) is 18.2 Å². The fraction of sp³-hybridized carbons (Fsp3) is 0.485. The minimum Gasteiger partial charge on any atom is -0.508 e. The molecule has 0 saturated carbocycles. The van der Waals surface area contributed by atoms with Crippen molar-refractivity contribution in [2.24, 2.45) is 0 Å². The van der Waals surface area contributed by atoms with Gasteiger partial charge in [0.15, 0.2) is 5.82 Å². The molecule has 1 spiro atoms. The van der Waals surface area contributed by atoms with Crippen LogP contribution in [0.4, 0.5) is 19.0 Å². The molecule has 4 aliphatic heterocycles. The molecule has 236 valence electrons. The Morgan fingerprint density at radius 3 is 2.78 bits per heavy atom. The second-order valence-corrected chi connectivity index (χ2v) is 12.8. The van der Waals surface area contributed by atoms with Gasteiger partial charge in [-0.2, -0.15) is 9.97 Å². The molecule has 0 aliphatic carbocycles. The fourth-order valence-corrected chi connectivity index (χ4v) is 7.87. The number of alkyl halides is 1. The quantitative estimate of drug-likeness (QED) is 0.317. The van der Waals surface area contributed by atoms with Crippen LogP contribution in [0.1, 0.15) is 38.2 Å². The van der Waals surface area contributed by atoms with Gasteiger partial charge in [-0.15, -0.1) is 0 Å². The molecule has 1 N–H and O–H groups in total. The van der Waals surface area contributed by atoms with Crippen LogP contribution in [0.3, 0.4) is 0 Å². The summed E-state index contributed by atoms with van der Waals surface area (Å²) in [6.07, 6.45) is 2.19. The molecule has 4 aromatic rings. The van der Waals surface area contributed by atoms with Crippen LogP contribution in [0.25, 0.3) is 32.9 Å². The Bertz CT molecular complexity index is 1850. The molecule has 0 amide bonds. The van der Waals surface area contributed by atoms with Crippen LogP contribution >= 0.6 is 0 Å². The van der Waals surface area contributed by atoms with Gasteiger partial charge in [0.25, 0.3) is 0 Å². The summed E-state index contributed by atoms with van der Waals surface area (Å²) in [5.41, 5.74) is -0.630. The fourth-order valence-electron chi connectivity index (χ4n) is 7.87. The summed E-state index contributed by atoms with van der Waals surface area (Å²) in [5, 5.41) is 11.9. The molecule has 0 bridgehead atoms. The number of aromatic nitrogens is 3. The normalized spacial score (nSPS) is 26.2. The van der Waals surface area contributed by atoms with Gasteiger partial charge >= 0.3 is 6.01 Å². The first-order chi connectivity index (χ1) is 21.7. The van der Waals surface area contributed by atoms with Gasteiger partial charge in [-0.3, -0.25) is 4.90 Å². The molecule has 2 aromatic heterocycles. The third-order valence-electron chi connectivity index (χ3n) is 10.3. The second-order valence-electron chi connectivity index (χ2n) is 12.8. The van der Waals surface area contributed by atoms with Gasteiger partial charge in [0.1, 0.15) is 58.9 Å². The highest BCUT2D eigenvalue weighted by molar-refractivity contribution is 6.03. The highest BCUT2D eigenvalue weighted by Gasteiger charge is 2.50. The number of phenolic OH excluding ortho intramolecular Hbond substituents is 1. The van der Waals surface area contributed by atoms with Crippen molar-refractivity contribution in [3.63, 3.8) is 0 Å². The molecule has 8 rings (SSSR count). The van der Waals surface area contributed by atoms with Gasteiger partial charge < -0.3 is 24.2 Å². The Balaban J connectivity index is 1.33. The van der Waals surface area contributed by atoms with Gasteiger partial charge in [0, 0.05) is 32.2 Å². The van der Waals surface area contributed by atoms with Crippen LogP contribution in [0.15, 0.2) is 24.3 Å². The minimum absolute atomic E-state index is 0.0353. The molecular formula is C33H34F3N5O4. The second kappa shape index (κ2) is 10.3. The van der Waals surface area contributed by atoms with Gasteiger partial charge in [-0.1, -0.05) is 13.0 Å². The van der Waals surface area contributed by atoms with Crippen LogP contribution < -0.4 is 14.4 Å². The molecule has 45 heavy (non-hydrogen) atoms. The van der Waals surface area contributed by atoms with Crippen LogP contribution in [-0.4, -0.2) is 88.8 Å². The predicted molar refractivity (Wildman–Crippen MR) is 162 cm³/mol. The van der Waals surface area contributed by atoms with Crippen molar-refractivity contribution < 1.29 is 32.5 Å². The van der Waals surface area contributed by atoms with Crippen LogP contribution in [0, 0.1) is 11.6 Å². The van der Waals surface area contributed by atoms with E-state index in [2.05, 4.69) is 14.9 Å². The third kappa shape index (κ3) is 4.32. The SMILES string of the molecule is CCc1c(F)ccc2cc(O)cc(-c3nc4c5c(nc(OC[C@@]67CCCN6C[C@H](F)C7)nc5c3F)N(C)C3(CCOC3)CO4)c12. The van der Waals surface area contributed by atoms with Crippen molar-refractivity contribution in [2.75, 3.05) is 51.5 Å². The first kappa shape index (κ1) is 28.6. The number of aromatic hydroxyl groups is 1. The molecule has 4 aliphatic rings. The number of halogens is 3. The van der Waals surface area contributed by atoms with E-state index in [9.17, 15) is 9.50 Å². The number of rotatable bonds is 5. The summed E-state index contributed by atoms with van der Waals surface area (Å²) in [6.45, 7) is 4.28. The van der Waals surface area contributed by atoms with E-state index in [0.29, 0.717) is 61.2 Å². The van der Waals surface area contributed by atoms with Crippen molar-refractivity contribution in [3.8, 4) is 28.9 Å². The third-order valence-corrected chi connectivity index (χ3v) is 10.3. The molecule has 9 nitrogen and oxygen atoms in total. The van der Waals surface area contributed by atoms with E-state index < -0.39 is 28.9 Å². The average molecular weight is 622 g/mol. The number of likely N-dealkylation sites (N-methyl/N-ethyl adjacent to an activating group) is 1. The number of ether oxygens (including phenoxy) is 3. The van der Waals surface area contributed by atoms with Gasteiger partial charge in [0.05, 0.1) is 12.1 Å². The van der Waals surface area contributed by atoms with Gasteiger partial charge in [0.2, 0.25) is 5.88 Å². The molecule has 3 fully saturated rings. The predicted octanol–water partition coefficient (Wildman–Crippen LogP) is 5.33. The number of hydrogen-bond donors (Lipinski definition) is 1. The smallest absolute Gasteiger partial charge is 0.319 e. The summed E-state index contributed by atoms with van der Waals surface area (Å²) in [7, 11) is 1.87. The van der Waals surface area contributed by atoms with E-state index in [1.807, 2.05) is 18.9 Å². The van der Waals surface area contributed by atoms with E-state index >= 15 is 8.78 Å². The molecule has 1 unspecified atom stereocenters. The maximum atomic E-state index is 16.9. The van der Waals surface area contributed by atoms with E-state index in [1.54, 1.807) is 6.07 Å². The zero-order valence-corrected chi connectivity index (χ0v) is 25.2.